The molecule has 1 fully saturated rings. The Hall–Kier alpha value is -1.36. The second-order valence-electron chi connectivity index (χ2n) is 5.32. The molecule has 19 heavy (non-hydrogen) atoms. The van der Waals surface area contributed by atoms with E-state index in [4.69, 9.17) is 4.52 Å². The molecule has 1 aliphatic rings. The molecule has 1 saturated heterocycles. The standard InChI is InChI=1S/C14H23N3O2/c1-11-9-13(16-19-11)10-14(18)17-7-4-12(5-8-17)3-6-15-2/h9,12,15H,3-8,10H2,1-2H3. The number of piperidine rings is 1. The van der Waals surface area contributed by atoms with Gasteiger partial charge in [0.05, 0.1) is 12.1 Å². The smallest absolute Gasteiger partial charge is 0.228 e. The van der Waals surface area contributed by atoms with Crippen LogP contribution >= 0.6 is 0 Å². The van der Waals surface area contributed by atoms with Crippen molar-refractivity contribution < 1.29 is 9.32 Å². The minimum Gasteiger partial charge on any atom is -0.361 e. The largest absolute Gasteiger partial charge is 0.361 e. The molecule has 5 nitrogen and oxygen atoms in total. The fourth-order valence-corrected chi connectivity index (χ4v) is 2.59. The van der Waals surface area contributed by atoms with E-state index >= 15 is 0 Å². The fraction of sp³-hybridized carbons (Fsp3) is 0.714. The zero-order chi connectivity index (χ0) is 13.7. The van der Waals surface area contributed by atoms with Crippen molar-refractivity contribution in [3.63, 3.8) is 0 Å². The summed E-state index contributed by atoms with van der Waals surface area (Å²) in [5, 5.41) is 7.06. The first-order chi connectivity index (χ1) is 9.19. The number of carbonyl (C=O) groups is 1. The second kappa shape index (κ2) is 6.70. The molecule has 0 bridgehead atoms. The van der Waals surface area contributed by atoms with Gasteiger partial charge in [0.2, 0.25) is 5.91 Å². The van der Waals surface area contributed by atoms with Crippen LogP contribution in [0.5, 0.6) is 0 Å². The maximum absolute atomic E-state index is 12.1. The molecule has 106 valence electrons. The van der Waals surface area contributed by atoms with E-state index in [2.05, 4.69) is 10.5 Å². The third kappa shape index (κ3) is 4.06. The maximum Gasteiger partial charge on any atom is 0.228 e. The molecule has 5 heteroatoms. The van der Waals surface area contributed by atoms with Crippen molar-refractivity contribution in [1.29, 1.82) is 0 Å². The van der Waals surface area contributed by atoms with Crippen LogP contribution in [0.4, 0.5) is 0 Å². The molecule has 0 aromatic carbocycles. The molecule has 0 spiro atoms. The monoisotopic (exact) mass is 265 g/mol. The van der Waals surface area contributed by atoms with E-state index < -0.39 is 0 Å². The highest BCUT2D eigenvalue weighted by atomic mass is 16.5. The molecule has 0 atom stereocenters. The van der Waals surface area contributed by atoms with E-state index in [1.165, 1.54) is 6.42 Å². The van der Waals surface area contributed by atoms with Gasteiger partial charge < -0.3 is 14.7 Å². The topological polar surface area (TPSA) is 58.4 Å². The Labute approximate surface area is 114 Å². The van der Waals surface area contributed by atoms with E-state index in [9.17, 15) is 4.79 Å². The zero-order valence-corrected chi connectivity index (χ0v) is 11.8. The van der Waals surface area contributed by atoms with Gasteiger partial charge >= 0.3 is 0 Å². The number of hydrogen-bond acceptors (Lipinski definition) is 4. The Balaban J connectivity index is 1.76. The summed E-state index contributed by atoms with van der Waals surface area (Å²) < 4.78 is 4.99. The Morgan fingerprint density at radius 1 is 1.53 bits per heavy atom. The lowest BCUT2D eigenvalue weighted by atomic mass is 9.93. The quantitative estimate of drug-likeness (QED) is 0.873. The van der Waals surface area contributed by atoms with Gasteiger partial charge in [-0.3, -0.25) is 4.79 Å². The van der Waals surface area contributed by atoms with Crippen LogP contribution in [0.15, 0.2) is 10.6 Å². The highest BCUT2D eigenvalue weighted by molar-refractivity contribution is 5.78. The van der Waals surface area contributed by atoms with E-state index in [1.54, 1.807) is 0 Å². The molecule has 0 aliphatic carbocycles. The van der Waals surface area contributed by atoms with Gasteiger partial charge in [-0.05, 0) is 45.7 Å². The molecule has 1 aromatic rings. The lowest BCUT2D eigenvalue weighted by molar-refractivity contribution is -0.131. The van der Waals surface area contributed by atoms with Crippen molar-refractivity contribution in [1.82, 2.24) is 15.4 Å². The molecular formula is C14H23N3O2. The average molecular weight is 265 g/mol. The number of aromatic nitrogens is 1. The van der Waals surface area contributed by atoms with Crippen molar-refractivity contribution in [2.24, 2.45) is 5.92 Å². The summed E-state index contributed by atoms with van der Waals surface area (Å²) >= 11 is 0. The maximum atomic E-state index is 12.1. The first-order valence-electron chi connectivity index (χ1n) is 7.03. The Kier molecular flexibility index (Phi) is 4.96. The Morgan fingerprint density at radius 2 is 2.26 bits per heavy atom. The summed E-state index contributed by atoms with van der Waals surface area (Å²) in [5.41, 5.74) is 0.736. The summed E-state index contributed by atoms with van der Waals surface area (Å²) in [6.07, 6.45) is 3.80. The number of nitrogens with zero attached hydrogens (tertiary/aromatic N) is 2. The number of carbonyl (C=O) groups excluding carboxylic acids is 1. The van der Waals surface area contributed by atoms with E-state index in [0.717, 1.165) is 49.8 Å². The molecule has 2 heterocycles. The number of hydrogen-bond donors (Lipinski definition) is 1. The number of likely N-dealkylation sites (tertiary alicyclic amines) is 1. The molecule has 2 rings (SSSR count). The summed E-state index contributed by atoms with van der Waals surface area (Å²) in [7, 11) is 1.98. The lowest BCUT2D eigenvalue weighted by Crippen LogP contribution is -2.39. The fourth-order valence-electron chi connectivity index (χ4n) is 2.59. The van der Waals surface area contributed by atoms with Crippen molar-refractivity contribution in [3.05, 3.63) is 17.5 Å². The number of amides is 1. The third-order valence-corrected chi connectivity index (χ3v) is 3.78. The lowest BCUT2D eigenvalue weighted by Gasteiger charge is -2.32. The molecule has 1 aromatic heterocycles. The van der Waals surface area contributed by atoms with Crippen molar-refractivity contribution in [3.8, 4) is 0 Å². The second-order valence-corrected chi connectivity index (χ2v) is 5.32. The summed E-state index contributed by atoms with van der Waals surface area (Å²) in [4.78, 5) is 14.1. The van der Waals surface area contributed by atoms with Crippen molar-refractivity contribution >= 4 is 5.91 Å². The van der Waals surface area contributed by atoms with Gasteiger partial charge in [-0.15, -0.1) is 0 Å². The van der Waals surface area contributed by atoms with Gasteiger partial charge in [0, 0.05) is 19.2 Å². The van der Waals surface area contributed by atoms with Gasteiger partial charge in [-0.25, -0.2) is 0 Å². The Bertz CT molecular complexity index is 409. The van der Waals surface area contributed by atoms with Gasteiger partial charge in [0.25, 0.3) is 0 Å². The molecular weight excluding hydrogens is 242 g/mol. The van der Waals surface area contributed by atoms with Crippen molar-refractivity contribution in [2.45, 2.75) is 32.6 Å². The Morgan fingerprint density at radius 3 is 2.84 bits per heavy atom. The average Bonchev–Trinajstić information content (AvgIpc) is 2.82. The third-order valence-electron chi connectivity index (χ3n) is 3.78. The molecule has 1 amide bonds. The predicted molar refractivity (Wildman–Crippen MR) is 72.8 cm³/mol. The van der Waals surface area contributed by atoms with Crippen LogP contribution in [-0.4, -0.2) is 42.6 Å². The van der Waals surface area contributed by atoms with E-state index in [-0.39, 0.29) is 5.91 Å². The summed E-state index contributed by atoms with van der Waals surface area (Å²) in [6, 6.07) is 1.83. The number of nitrogens with one attached hydrogen (secondary N) is 1. The van der Waals surface area contributed by atoms with Crippen LogP contribution in [0.3, 0.4) is 0 Å². The highest BCUT2D eigenvalue weighted by Gasteiger charge is 2.23. The first-order valence-corrected chi connectivity index (χ1v) is 7.03. The van der Waals surface area contributed by atoms with Gasteiger partial charge in [-0.1, -0.05) is 5.16 Å². The summed E-state index contributed by atoms with van der Waals surface area (Å²) in [6.45, 7) is 4.67. The van der Waals surface area contributed by atoms with Crippen LogP contribution in [0.25, 0.3) is 0 Å². The van der Waals surface area contributed by atoms with Crippen LogP contribution < -0.4 is 5.32 Å². The summed E-state index contributed by atoms with van der Waals surface area (Å²) in [5.74, 6) is 1.68. The van der Waals surface area contributed by atoms with Crippen molar-refractivity contribution in [2.75, 3.05) is 26.7 Å². The SMILES string of the molecule is CNCCC1CCN(C(=O)Cc2cc(C)on2)CC1. The van der Waals surface area contributed by atoms with Gasteiger partial charge in [-0.2, -0.15) is 0 Å². The van der Waals surface area contributed by atoms with E-state index in [1.807, 2.05) is 24.9 Å². The predicted octanol–water partition coefficient (Wildman–Crippen LogP) is 1.37. The number of aryl methyl sites for hydroxylation is 1. The molecule has 0 radical (unpaired) electrons. The highest BCUT2D eigenvalue weighted by Crippen LogP contribution is 2.20. The normalized spacial score (nSPS) is 16.8. The number of rotatable bonds is 5. The molecule has 1 aliphatic heterocycles. The van der Waals surface area contributed by atoms with Crippen LogP contribution in [0.1, 0.15) is 30.7 Å². The van der Waals surface area contributed by atoms with Gasteiger partial charge in [0.15, 0.2) is 0 Å². The van der Waals surface area contributed by atoms with Crippen LogP contribution in [0.2, 0.25) is 0 Å². The van der Waals surface area contributed by atoms with Gasteiger partial charge in [0.1, 0.15) is 5.76 Å². The molecule has 0 saturated carbocycles. The molecule has 0 unspecified atom stereocenters. The molecule has 1 N–H and O–H groups in total. The zero-order valence-electron chi connectivity index (χ0n) is 11.8. The first kappa shape index (κ1) is 14.1. The minimum absolute atomic E-state index is 0.167. The van der Waals surface area contributed by atoms with E-state index in [0.29, 0.717) is 6.42 Å². The minimum atomic E-state index is 0.167. The van der Waals surface area contributed by atoms with Crippen LogP contribution in [-0.2, 0) is 11.2 Å². The van der Waals surface area contributed by atoms with Crippen LogP contribution in [0, 0.1) is 12.8 Å².